The van der Waals surface area contributed by atoms with E-state index < -0.39 is 0 Å². The molecule has 1 aliphatic rings. The third-order valence-electron chi connectivity index (χ3n) is 2.20. The van der Waals surface area contributed by atoms with Gasteiger partial charge in [-0.05, 0) is 11.1 Å². The van der Waals surface area contributed by atoms with Gasteiger partial charge in [0.05, 0.1) is 0 Å². The molecular weight excluding hydrogens is 132 g/mol. The summed E-state index contributed by atoms with van der Waals surface area (Å²) in [6.45, 7) is 4.49. The SMILES string of the molecule is CC1(C)C=C1c1ccccc1. The van der Waals surface area contributed by atoms with Crippen molar-refractivity contribution in [3.63, 3.8) is 0 Å². The molecule has 0 aliphatic heterocycles. The molecule has 0 saturated carbocycles. The van der Waals surface area contributed by atoms with E-state index in [9.17, 15) is 0 Å². The third kappa shape index (κ3) is 1.09. The zero-order valence-corrected chi connectivity index (χ0v) is 6.96. The second kappa shape index (κ2) is 1.97. The van der Waals surface area contributed by atoms with E-state index in [1.165, 1.54) is 11.1 Å². The van der Waals surface area contributed by atoms with Crippen LogP contribution in [0.3, 0.4) is 0 Å². The Morgan fingerprint density at radius 3 is 2.00 bits per heavy atom. The minimum absolute atomic E-state index is 0.362. The van der Waals surface area contributed by atoms with Crippen LogP contribution in [0.2, 0.25) is 0 Å². The van der Waals surface area contributed by atoms with Gasteiger partial charge in [0.2, 0.25) is 0 Å². The van der Waals surface area contributed by atoms with Crippen LogP contribution in [-0.4, -0.2) is 0 Å². The maximum atomic E-state index is 2.31. The molecule has 0 atom stereocenters. The molecule has 2 rings (SSSR count). The summed E-state index contributed by atoms with van der Waals surface area (Å²) in [5.41, 5.74) is 3.22. The Labute approximate surface area is 67.6 Å². The average Bonchev–Trinajstić information content (AvgIpc) is 2.62. The first kappa shape index (κ1) is 6.66. The maximum Gasteiger partial charge on any atom is 0.00847 e. The lowest BCUT2D eigenvalue weighted by Crippen LogP contribution is -1.88. The van der Waals surface area contributed by atoms with Gasteiger partial charge in [-0.15, -0.1) is 0 Å². The molecule has 0 heteroatoms. The number of hydrogen-bond acceptors (Lipinski definition) is 0. The van der Waals surface area contributed by atoms with Gasteiger partial charge in [-0.3, -0.25) is 0 Å². The fraction of sp³-hybridized carbons (Fsp3) is 0.273. The summed E-state index contributed by atoms with van der Waals surface area (Å²) in [7, 11) is 0. The van der Waals surface area contributed by atoms with Gasteiger partial charge in [0.15, 0.2) is 0 Å². The van der Waals surface area contributed by atoms with Crippen molar-refractivity contribution < 1.29 is 0 Å². The zero-order chi connectivity index (χ0) is 7.90. The van der Waals surface area contributed by atoms with Gasteiger partial charge >= 0.3 is 0 Å². The van der Waals surface area contributed by atoms with Crippen molar-refractivity contribution >= 4 is 5.57 Å². The van der Waals surface area contributed by atoms with Crippen molar-refractivity contribution in [1.29, 1.82) is 0 Å². The van der Waals surface area contributed by atoms with Gasteiger partial charge in [0, 0.05) is 5.41 Å². The van der Waals surface area contributed by atoms with Gasteiger partial charge in [0.1, 0.15) is 0 Å². The summed E-state index contributed by atoms with van der Waals surface area (Å²) in [6, 6.07) is 10.6. The van der Waals surface area contributed by atoms with E-state index in [-0.39, 0.29) is 0 Å². The fourth-order valence-corrected chi connectivity index (χ4v) is 1.40. The largest absolute Gasteiger partial charge is 0.0698 e. The molecule has 0 aromatic heterocycles. The van der Waals surface area contributed by atoms with Crippen LogP contribution in [0.15, 0.2) is 36.4 Å². The number of benzene rings is 1. The van der Waals surface area contributed by atoms with Crippen LogP contribution >= 0.6 is 0 Å². The monoisotopic (exact) mass is 144 g/mol. The first-order valence-corrected chi connectivity index (χ1v) is 3.99. The van der Waals surface area contributed by atoms with Crippen LogP contribution in [-0.2, 0) is 0 Å². The first-order chi connectivity index (χ1) is 5.20. The van der Waals surface area contributed by atoms with Crippen molar-refractivity contribution in [2.24, 2.45) is 5.41 Å². The molecule has 0 fully saturated rings. The summed E-state index contributed by atoms with van der Waals surface area (Å²) in [6.07, 6.45) is 2.31. The standard InChI is InChI=1S/C11H12/c1-11(2)8-10(11)9-6-4-3-5-7-9/h3-8H,1-2H3. The third-order valence-corrected chi connectivity index (χ3v) is 2.20. The Hall–Kier alpha value is -1.04. The van der Waals surface area contributed by atoms with E-state index in [4.69, 9.17) is 0 Å². The smallest absolute Gasteiger partial charge is 0.00847 e. The van der Waals surface area contributed by atoms with Gasteiger partial charge in [-0.25, -0.2) is 0 Å². The molecule has 0 N–H and O–H groups in total. The molecule has 11 heavy (non-hydrogen) atoms. The van der Waals surface area contributed by atoms with Gasteiger partial charge < -0.3 is 0 Å². The minimum Gasteiger partial charge on any atom is -0.0698 e. The van der Waals surface area contributed by atoms with Crippen LogP contribution in [0, 0.1) is 5.41 Å². The Balaban J connectivity index is 2.28. The molecule has 0 bridgehead atoms. The maximum absolute atomic E-state index is 2.31. The van der Waals surface area contributed by atoms with Crippen molar-refractivity contribution in [2.45, 2.75) is 13.8 Å². The molecule has 1 aromatic rings. The summed E-state index contributed by atoms with van der Waals surface area (Å²) >= 11 is 0. The fourth-order valence-electron chi connectivity index (χ4n) is 1.40. The first-order valence-electron chi connectivity index (χ1n) is 3.99. The highest BCUT2D eigenvalue weighted by Crippen LogP contribution is 2.49. The van der Waals surface area contributed by atoms with E-state index in [0.29, 0.717) is 5.41 Å². The molecule has 0 nitrogen and oxygen atoms in total. The highest BCUT2D eigenvalue weighted by atomic mass is 14.4. The summed E-state index contributed by atoms with van der Waals surface area (Å²) in [5, 5.41) is 0. The summed E-state index contributed by atoms with van der Waals surface area (Å²) < 4.78 is 0. The molecular formula is C11H12. The molecule has 0 spiro atoms. The molecule has 0 heterocycles. The number of hydrogen-bond donors (Lipinski definition) is 0. The molecule has 0 amide bonds. The zero-order valence-electron chi connectivity index (χ0n) is 6.96. The molecule has 56 valence electrons. The Morgan fingerprint density at radius 2 is 1.55 bits per heavy atom. The lowest BCUT2D eigenvalue weighted by atomic mass is 10.0. The van der Waals surface area contributed by atoms with E-state index in [0.717, 1.165) is 0 Å². The van der Waals surface area contributed by atoms with Crippen LogP contribution in [0.25, 0.3) is 5.57 Å². The van der Waals surface area contributed by atoms with Crippen molar-refractivity contribution in [1.82, 2.24) is 0 Å². The van der Waals surface area contributed by atoms with E-state index >= 15 is 0 Å². The summed E-state index contributed by atoms with van der Waals surface area (Å²) in [5.74, 6) is 0. The molecule has 1 aromatic carbocycles. The van der Waals surface area contributed by atoms with Crippen molar-refractivity contribution in [2.75, 3.05) is 0 Å². The predicted octanol–water partition coefficient (Wildman–Crippen LogP) is 3.11. The Morgan fingerprint density at radius 1 is 1.00 bits per heavy atom. The second-order valence-corrected chi connectivity index (χ2v) is 3.65. The van der Waals surface area contributed by atoms with Crippen LogP contribution < -0.4 is 0 Å². The normalized spacial score (nSPS) is 19.3. The highest BCUT2D eigenvalue weighted by Gasteiger charge is 2.34. The van der Waals surface area contributed by atoms with E-state index in [1.807, 2.05) is 0 Å². The van der Waals surface area contributed by atoms with Crippen molar-refractivity contribution in [3.05, 3.63) is 42.0 Å². The summed E-state index contributed by atoms with van der Waals surface area (Å²) in [4.78, 5) is 0. The van der Waals surface area contributed by atoms with Crippen LogP contribution in [0.5, 0.6) is 0 Å². The highest BCUT2D eigenvalue weighted by molar-refractivity contribution is 5.83. The number of allylic oxidation sites excluding steroid dienone is 2. The average molecular weight is 144 g/mol. The van der Waals surface area contributed by atoms with E-state index in [2.05, 4.69) is 50.3 Å². The van der Waals surface area contributed by atoms with Crippen LogP contribution in [0.4, 0.5) is 0 Å². The lowest BCUT2D eigenvalue weighted by molar-refractivity contribution is 0.746. The van der Waals surface area contributed by atoms with Gasteiger partial charge in [-0.1, -0.05) is 50.3 Å². The molecule has 0 radical (unpaired) electrons. The van der Waals surface area contributed by atoms with Crippen LogP contribution in [0.1, 0.15) is 19.4 Å². The molecule has 0 unspecified atom stereocenters. The number of rotatable bonds is 1. The Kier molecular flexibility index (Phi) is 1.19. The lowest BCUT2D eigenvalue weighted by Gasteiger charge is -2.02. The quantitative estimate of drug-likeness (QED) is 0.568. The second-order valence-electron chi connectivity index (χ2n) is 3.65. The van der Waals surface area contributed by atoms with Crippen molar-refractivity contribution in [3.8, 4) is 0 Å². The van der Waals surface area contributed by atoms with Gasteiger partial charge in [0.25, 0.3) is 0 Å². The molecule has 1 aliphatic carbocycles. The predicted molar refractivity (Wildman–Crippen MR) is 48.2 cm³/mol. The van der Waals surface area contributed by atoms with Gasteiger partial charge in [-0.2, -0.15) is 0 Å². The topological polar surface area (TPSA) is 0 Å². The minimum atomic E-state index is 0.362. The van der Waals surface area contributed by atoms with E-state index in [1.54, 1.807) is 0 Å². The molecule has 0 saturated heterocycles. The Bertz CT molecular complexity index is 291.